The summed E-state index contributed by atoms with van der Waals surface area (Å²) in [5, 5.41) is 0. The zero-order chi connectivity index (χ0) is 26.7. The molecule has 198 valence electrons. The van der Waals surface area contributed by atoms with Gasteiger partial charge in [0.15, 0.2) is 0 Å². The number of unbranched alkanes of at least 4 members (excludes halogenated alkanes) is 3. The van der Waals surface area contributed by atoms with Crippen LogP contribution in [0.4, 0.5) is 4.39 Å². The Morgan fingerprint density at radius 2 is 1.65 bits per heavy atom. The Morgan fingerprint density at radius 1 is 0.919 bits per heavy atom. The van der Waals surface area contributed by atoms with Crippen molar-refractivity contribution in [3.05, 3.63) is 95.3 Å². The normalized spacial score (nSPS) is 11.3. The van der Waals surface area contributed by atoms with E-state index in [4.69, 9.17) is 8.92 Å². The van der Waals surface area contributed by atoms with Crippen LogP contribution in [-0.2, 0) is 27.8 Å². The van der Waals surface area contributed by atoms with Crippen molar-refractivity contribution >= 4 is 16.0 Å². The number of amides is 1. The van der Waals surface area contributed by atoms with Crippen LogP contribution >= 0.6 is 0 Å². The molecule has 0 spiro atoms. The topological polar surface area (TPSA) is 72.9 Å². The number of methoxy groups -OCH3 is 1. The molecule has 0 aromatic heterocycles. The lowest BCUT2D eigenvalue weighted by Crippen LogP contribution is -2.33. The molecule has 0 aliphatic rings. The van der Waals surface area contributed by atoms with Gasteiger partial charge in [0.05, 0.1) is 6.61 Å². The molecule has 0 N–H and O–H groups in total. The molecule has 3 rings (SSSR count). The summed E-state index contributed by atoms with van der Waals surface area (Å²) in [4.78, 5) is 14.8. The molecule has 1 amide bonds. The van der Waals surface area contributed by atoms with Crippen LogP contribution in [0, 0.1) is 5.82 Å². The summed E-state index contributed by atoms with van der Waals surface area (Å²) < 4.78 is 48.8. The van der Waals surface area contributed by atoms with Gasteiger partial charge >= 0.3 is 10.1 Å². The molecule has 0 atom stereocenters. The van der Waals surface area contributed by atoms with E-state index in [0.717, 1.165) is 37.1 Å². The molecular weight excluding hydrogens is 493 g/mol. The van der Waals surface area contributed by atoms with E-state index in [1.54, 1.807) is 30.2 Å². The van der Waals surface area contributed by atoms with Crippen molar-refractivity contribution in [2.45, 2.75) is 50.5 Å². The van der Waals surface area contributed by atoms with Crippen molar-refractivity contribution in [1.82, 2.24) is 4.90 Å². The van der Waals surface area contributed by atoms with Crippen LogP contribution < -0.4 is 4.18 Å². The van der Waals surface area contributed by atoms with Crippen LogP contribution in [0.2, 0.25) is 0 Å². The predicted molar refractivity (Wildman–Crippen MR) is 142 cm³/mol. The van der Waals surface area contributed by atoms with Crippen LogP contribution in [0.15, 0.2) is 77.7 Å². The highest BCUT2D eigenvalue weighted by molar-refractivity contribution is 7.87. The minimum Gasteiger partial charge on any atom is -0.383 e. The molecule has 0 bridgehead atoms. The molecule has 0 unspecified atom stereocenters. The zero-order valence-electron chi connectivity index (χ0n) is 21.4. The fourth-order valence-electron chi connectivity index (χ4n) is 3.90. The van der Waals surface area contributed by atoms with E-state index in [9.17, 15) is 17.6 Å². The molecular formula is C29H34FNO5S. The molecule has 8 heteroatoms. The quantitative estimate of drug-likeness (QED) is 0.190. The molecule has 3 aromatic rings. The summed E-state index contributed by atoms with van der Waals surface area (Å²) in [5.74, 6) is -0.573. The van der Waals surface area contributed by atoms with Gasteiger partial charge in [-0.1, -0.05) is 50.5 Å². The lowest BCUT2D eigenvalue weighted by molar-refractivity contribution is 0.0680. The number of rotatable bonds is 14. The van der Waals surface area contributed by atoms with Gasteiger partial charge in [0.25, 0.3) is 5.91 Å². The Labute approximate surface area is 219 Å². The second-order valence-corrected chi connectivity index (χ2v) is 10.4. The Kier molecular flexibility index (Phi) is 10.7. The number of aryl methyl sites for hydroxylation is 1. The van der Waals surface area contributed by atoms with E-state index in [2.05, 4.69) is 6.92 Å². The van der Waals surface area contributed by atoms with Gasteiger partial charge in [0.1, 0.15) is 16.5 Å². The summed E-state index contributed by atoms with van der Waals surface area (Å²) in [6.45, 7) is 3.16. The van der Waals surface area contributed by atoms with Crippen LogP contribution in [0.5, 0.6) is 5.75 Å². The largest absolute Gasteiger partial charge is 0.383 e. The van der Waals surface area contributed by atoms with E-state index in [1.807, 2.05) is 24.3 Å². The van der Waals surface area contributed by atoms with Gasteiger partial charge in [-0.3, -0.25) is 4.79 Å². The molecule has 0 saturated carbocycles. The van der Waals surface area contributed by atoms with Crippen LogP contribution in [0.3, 0.4) is 0 Å². The SMILES string of the molecule is CCCCCCc1ccc(C(=O)N(CCOC)Cc2cccc(OS(=O)(=O)c3ccc(F)cc3)c2)cc1. The van der Waals surface area contributed by atoms with Crippen molar-refractivity contribution in [2.24, 2.45) is 0 Å². The van der Waals surface area contributed by atoms with Crippen molar-refractivity contribution in [2.75, 3.05) is 20.3 Å². The monoisotopic (exact) mass is 527 g/mol. The highest BCUT2D eigenvalue weighted by Crippen LogP contribution is 2.22. The second kappa shape index (κ2) is 13.9. The first-order chi connectivity index (χ1) is 17.8. The molecule has 0 aliphatic heterocycles. The average Bonchev–Trinajstić information content (AvgIpc) is 2.89. The number of hydrogen-bond acceptors (Lipinski definition) is 5. The zero-order valence-corrected chi connectivity index (χ0v) is 22.2. The molecule has 0 saturated heterocycles. The van der Waals surface area contributed by atoms with Crippen molar-refractivity contribution in [1.29, 1.82) is 0 Å². The number of halogens is 1. The summed E-state index contributed by atoms with van der Waals surface area (Å²) in [6, 6.07) is 18.7. The molecule has 0 radical (unpaired) electrons. The van der Waals surface area contributed by atoms with Crippen molar-refractivity contribution in [3.63, 3.8) is 0 Å². The van der Waals surface area contributed by atoms with E-state index in [1.165, 1.54) is 30.9 Å². The van der Waals surface area contributed by atoms with Crippen LogP contribution in [0.25, 0.3) is 0 Å². The van der Waals surface area contributed by atoms with Gasteiger partial charge in [-0.25, -0.2) is 4.39 Å². The summed E-state index contributed by atoms with van der Waals surface area (Å²) in [5.41, 5.74) is 2.49. The average molecular weight is 528 g/mol. The minimum absolute atomic E-state index is 0.105. The molecule has 0 aliphatic carbocycles. The van der Waals surface area contributed by atoms with Crippen LogP contribution in [0.1, 0.15) is 54.1 Å². The lowest BCUT2D eigenvalue weighted by Gasteiger charge is -2.23. The highest BCUT2D eigenvalue weighted by atomic mass is 32.2. The Bertz CT molecular complexity index is 1240. The second-order valence-electron chi connectivity index (χ2n) is 8.87. The first kappa shape index (κ1) is 28.3. The van der Waals surface area contributed by atoms with E-state index in [-0.39, 0.29) is 23.1 Å². The highest BCUT2D eigenvalue weighted by Gasteiger charge is 2.19. The third-order valence-electron chi connectivity index (χ3n) is 5.95. The van der Waals surface area contributed by atoms with Gasteiger partial charge in [-0.05, 0) is 72.5 Å². The van der Waals surface area contributed by atoms with Gasteiger partial charge in [0.2, 0.25) is 0 Å². The lowest BCUT2D eigenvalue weighted by atomic mass is 10.0. The summed E-state index contributed by atoms with van der Waals surface area (Å²) >= 11 is 0. The number of carbonyl (C=O) groups excluding carboxylic acids is 1. The minimum atomic E-state index is -4.13. The predicted octanol–water partition coefficient (Wildman–Crippen LogP) is 6.01. The van der Waals surface area contributed by atoms with Gasteiger partial charge in [-0.15, -0.1) is 0 Å². The number of hydrogen-bond donors (Lipinski definition) is 0. The molecule has 0 heterocycles. The number of carbonyl (C=O) groups is 1. The maximum absolute atomic E-state index is 13.3. The Hall–Kier alpha value is -3.23. The van der Waals surface area contributed by atoms with Crippen LogP contribution in [-0.4, -0.2) is 39.5 Å². The van der Waals surface area contributed by atoms with E-state index >= 15 is 0 Å². The number of ether oxygens (including phenoxy) is 1. The number of nitrogens with zero attached hydrogens (tertiary/aromatic N) is 1. The molecule has 3 aromatic carbocycles. The summed E-state index contributed by atoms with van der Waals surface area (Å²) in [7, 11) is -2.56. The van der Waals surface area contributed by atoms with Crippen molar-refractivity contribution < 1.29 is 26.5 Å². The first-order valence-electron chi connectivity index (χ1n) is 12.5. The van der Waals surface area contributed by atoms with Gasteiger partial charge in [0, 0.05) is 25.8 Å². The molecule has 37 heavy (non-hydrogen) atoms. The summed E-state index contributed by atoms with van der Waals surface area (Å²) in [6.07, 6.45) is 5.76. The van der Waals surface area contributed by atoms with Gasteiger partial charge in [-0.2, -0.15) is 8.42 Å². The van der Waals surface area contributed by atoms with Gasteiger partial charge < -0.3 is 13.8 Å². The first-order valence-corrected chi connectivity index (χ1v) is 13.9. The maximum Gasteiger partial charge on any atom is 0.339 e. The molecule has 0 fully saturated rings. The van der Waals surface area contributed by atoms with Crippen molar-refractivity contribution in [3.8, 4) is 5.75 Å². The molecule has 6 nitrogen and oxygen atoms in total. The fraction of sp³-hybridized carbons (Fsp3) is 0.345. The Balaban J connectivity index is 1.71. The smallest absolute Gasteiger partial charge is 0.339 e. The van der Waals surface area contributed by atoms with E-state index in [0.29, 0.717) is 24.3 Å². The van der Waals surface area contributed by atoms with E-state index < -0.39 is 15.9 Å². The fourth-order valence-corrected chi connectivity index (χ4v) is 4.82. The third-order valence-corrected chi connectivity index (χ3v) is 7.21. The maximum atomic E-state index is 13.3. The standard InChI is InChI=1S/C29H34FNO5S/c1-3-4-5-6-8-23-11-13-25(14-12-23)29(32)31(19-20-35-2)22-24-9-7-10-27(21-24)36-37(33,34)28-17-15-26(30)16-18-28/h7,9-18,21H,3-6,8,19-20,22H2,1-2H3. The Morgan fingerprint density at radius 3 is 2.32 bits per heavy atom. The third kappa shape index (κ3) is 8.68. The number of benzene rings is 3.